The predicted molar refractivity (Wildman–Crippen MR) is 152 cm³/mol. The van der Waals surface area contributed by atoms with Crippen LogP contribution in [0.5, 0.6) is 11.5 Å². The maximum Gasteiger partial charge on any atom is 0.268 e. The molecule has 0 radical (unpaired) electrons. The summed E-state index contributed by atoms with van der Waals surface area (Å²) in [6.45, 7) is 2.63. The number of pyridine rings is 1. The SMILES string of the molecule is COc1cccc(Cn2c(C)cc(OCc3ccccc3CN3C(=O)c4ccccc4C3=O)c(I)c2=O)c1. The summed E-state index contributed by atoms with van der Waals surface area (Å²) >= 11 is 2.02. The molecule has 0 saturated carbocycles. The Hall–Kier alpha value is -3.92. The highest BCUT2D eigenvalue weighted by Crippen LogP contribution is 2.26. The van der Waals surface area contributed by atoms with Crippen LogP contribution in [0, 0.1) is 10.5 Å². The lowest BCUT2D eigenvalue weighted by molar-refractivity contribution is 0.0641. The van der Waals surface area contributed by atoms with Gasteiger partial charge in [0.1, 0.15) is 21.7 Å². The molecule has 0 saturated heterocycles. The van der Waals surface area contributed by atoms with Crippen molar-refractivity contribution in [1.82, 2.24) is 9.47 Å². The van der Waals surface area contributed by atoms with Crippen molar-refractivity contribution in [2.75, 3.05) is 7.11 Å². The van der Waals surface area contributed by atoms with Crippen LogP contribution in [0.3, 0.4) is 0 Å². The molecule has 2 heterocycles. The molecule has 0 unspecified atom stereocenters. The Kier molecular flexibility index (Phi) is 7.33. The maximum atomic E-state index is 13.2. The van der Waals surface area contributed by atoms with Crippen LogP contribution in [-0.2, 0) is 19.7 Å². The number of benzene rings is 3. The lowest BCUT2D eigenvalue weighted by atomic mass is 10.1. The number of amides is 2. The van der Waals surface area contributed by atoms with Gasteiger partial charge in [-0.05, 0) is 70.5 Å². The molecule has 1 aromatic heterocycles. The van der Waals surface area contributed by atoms with Crippen LogP contribution in [-0.4, -0.2) is 28.4 Å². The molecule has 0 atom stereocenters. The lowest BCUT2D eigenvalue weighted by Crippen LogP contribution is -2.29. The van der Waals surface area contributed by atoms with Crippen molar-refractivity contribution in [3.05, 3.63) is 126 Å². The van der Waals surface area contributed by atoms with E-state index in [4.69, 9.17) is 9.47 Å². The normalized spacial score (nSPS) is 12.6. The zero-order valence-corrected chi connectivity index (χ0v) is 23.1. The molecule has 0 aliphatic carbocycles. The first kappa shape index (κ1) is 25.7. The third-order valence-electron chi connectivity index (χ3n) is 6.60. The molecular weight excluding hydrogens is 595 g/mol. The Balaban J connectivity index is 1.34. The third-order valence-corrected chi connectivity index (χ3v) is 7.59. The zero-order valence-electron chi connectivity index (χ0n) is 20.9. The van der Waals surface area contributed by atoms with Crippen LogP contribution in [0.2, 0.25) is 0 Å². The van der Waals surface area contributed by atoms with Crippen molar-refractivity contribution in [3.63, 3.8) is 0 Å². The Morgan fingerprint density at radius 3 is 2.13 bits per heavy atom. The van der Waals surface area contributed by atoms with Crippen molar-refractivity contribution >= 4 is 34.4 Å². The summed E-state index contributed by atoms with van der Waals surface area (Å²) in [6.07, 6.45) is 0. The van der Waals surface area contributed by atoms with Gasteiger partial charge >= 0.3 is 0 Å². The molecule has 192 valence electrons. The van der Waals surface area contributed by atoms with Gasteiger partial charge in [0.05, 0.1) is 31.3 Å². The molecule has 5 rings (SSSR count). The molecule has 1 aliphatic rings. The van der Waals surface area contributed by atoms with Gasteiger partial charge in [-0.25, -0.2) is 0 Å². The first-order valence-corrected chi connectivity index (χ1v) is 13.1. The Bertz CT molecular complexity index is 1580. The second kappa shape index (κ2) is 10.8. The van der Waals surface area contributed by atoms with Gasteiger partial charge in [0.15, 0.2) is 0 Å². The van der Waals surface area contributed by atoms with Crippen molar-refractivity contribution in [1.29, 1.82) is 0 Å². The van der Waals surface area contributed by atoms with Gasteiger partial charge in [-0.3, -0.25) is 19.3 Å². The van der Waals surface area contributed by atoms with E-state index in [0.717, 1.165) is 28.1 Å². The number of carbonyl (C=O) groups is 2. The summed E-state index contributed by atoms with van der Waals surface area (Å²) < 4.78 is 13.6. The standard InChI is InChI=1S/C30H25IN2O5/c1-19-14-26(27(31)30(36)32(19)16-20-8-7-11-23(15-20)37-2)38-18-22-10-4-3-9-21(22)17-33-28(34)24-12-5-6-13-25(24)29(33)35/h3-15H,16-18H2,1-2H3. The van der Waals surface area contributed by atoms with E-state index in [-0.39, 0.29) is 30.5 Å². The third kappa shape index (κ3) is 4.96. The minimum atomic E-state index is -0.300. The number of hydrogen-bond acceptors (Lipinski definition) is 5. The fourth-order valence-electron chi connectivity index (χ4n) is 4.53. The number of aryl methyl sites for hydroxylation is 1. The number of hydrogen-bond donors (Lipinski definition) is 0. The van der Waals surface area contributed by atoms with E-state index >= 15 is 0 Å². The average molecular weight is 620 g/mol. The Morgan fingerprint density at radius 2 is 1.45 bits per heavy atom. The highest BCUT2D eigenvalue weighted by molar-refractivity contribution is 14.1. The minimum absolute atomic E-state index is 0.136. The Labute approximate surface area is 233 Å². The number of fused-ring (bicyclic) bond motifs is 1. The van der Waals surface area contributed by atoms with E-state index in [2.05, 4.69) is 0 Å². The van der Waals surface area contributed by atoms with Gasteiger partial charge in [0.2, 0.25) is 0 Å². The number of rotatable bonds is 8. The second-order valence-corrected chi connectivity index (χ2v) is 10.1. The highest BCUT2D eigenvalue weighted by Gasteiger charge is 2.35. The summed E-state index contributed by atoms with van der Waals surface area (Å²) in [6, 6.07) is 23.9. The van der Waals surface area contributed by atoms with Gasteiger partial charge in [0, 0.05) is 11.8 Å². The number of nitrogens with zero attached hydrogens (tertiary/aromatic N) is 2. The predicted octanol–water partition coefficient (Wildman–Crippen LogP) is 5.19. The Morgan fingerprint density at radius 1 is 0.789 bits per heavy atom. The van der Waals surface area contributed by atoms with Crippen LogP contribution >= 0.6 is 22.6 Å². The average Bonchev–Trinajstić information content (AvgIpc) is 3.18. The number of methoxy groups -OCH3 is 1. The van der Waals surface area contributed by atoms with Gasteiger partial charge in [-0.1, -0.05) is 48.5 Å². The molecule has 0 spiro atoms. The van der Waals surface area contributed by atoms with Crippen molar-refractivity contribution in [2.45, 2.75) is 26.6 Å². The smallest absolute Gasteiger partial charge is 0.268 e. The molecule has 8 heteroatoms. The monoisotopic (exact) mass is 620 g/mol. The maximum absolute atomic E-state index is 13.2. The van der Waals surface area contributed by atoms with Gasteiger partial charge < -0.3 is 14.0 Å². The summed E-state index contributed by atoms with van der Waals surface area (Å²) in [5.41, 5.74) is 4.08. The molecule has 7 nitrogen and oxygen atoms in total. The first-order chi connectivity index (χ1) is 18.4. The van der Waals surface area contributed by atoms with Crippen LogP contribution in [0.1, 0.15) is 43.1 Å². The van der Waals surface area contributed by atoms with Gasteiger partial charge in [-0.15, -0.1) is 0 Å². The summed E-state index contributed by atoms with van der Waals surface area (Å²) in [4.78, 5) is 40.2. The molecular formula is C30H25IN2O5. The second-order valence-electron chi connectivity index (χ2n) is 9.01. The van der Waals surface area contributed by atoms with Gasteiger partial charge in [0.25, 0.3) is 17.4 Å². The van der Waals surface area contributed by atoms with Crippen LogP contribution < -0.4 is 15.0 Å². The minimum Gasteiger partial charge on any atom is -0.497 e. The molecule has 38 heavy (non-hydrogen) atoms. The largest absolute Gasteiger partial charge is 0.497 e. The summed E-state index contributed by atoms with van der Waals surface area (Å²) in [5, 5.41) is 0. The molecule has 2 amide bonds. The quantitative estimate of drug-likeness (QED) is 0.200. The topological polar surface area (TPSA) is 77.8 Å². The lowest BCUT2D eigenvalue weighted by Gasteiger charge is -2.18. The number of halogens is 1. The molecule has 0 N–H and O–H groups in total. The van der Waals surface area contributed by atoms with Gasteiger partial charge in [-0.2, -0.15) is 0 Å². The fraction of sp³-hybridized carbons (Fsp3) is 0.167. The van der Waals surface area contributed by atoms with Crippen molar-refractivity contribution < 1.29 is 19.1 Å². The molecule has 0 fully saturated rings. The zero-order chi connectivity index (χ0) is 26.8. The number of ether oxygens (including phenoxy) is 2. The van der Waals surface area contributed by atoms with Crippen LogP contribution in [0.15, 0.2) is 83.7 Å². The van der Waals surface area contributed by atoms with Crippen LogP contribution in [0.4, 0.5) is 0 Å². The highest BCUT2D eigenvalue weighted by atomic mass is 127. The number of carbonyl (C=O) groups excluding carboxylic acids is 2. The van der Waals surface area contributed by atoms with E-state index < -0.39 is 0 Å². The van der Waals surface area contributed by atoms with E-state index in [1.807, 2.05) is 84.1 Å². The van der Waals surface area contributed by atoms with E-state index in [1.54, 1.807) is 35.9 Å². The van der Waals surface area contributed by atoms with E-state index in [1.165, 1.54) is 4.90 Å². The van der Waals surface area contributed by atoms with Crippen molar-refractivity contribution in [3.8, 4) is 11.5 Å². The first-order valence-electron chi connectivity index (χ1n) is 12.0. The molecule has 0 bridgehead atoms. The fourth-order valence-corrected chi connectivity index (χ4v) is 5.13. The molecule has 4 aromatic rings. The number of aromatic nitrogens is 1. The van der Waals surface area contributed by atoms with Crippen LogP contribution in [0.25, 0.3) is 0 Å². The number of imide groups is 1. The molecule has 1 aliphatic heterocycles. The summed E-state index contributed by atoms with van der Waals surface area (Å²) in [5.74, 6) is 0.630. The summed E-state index contributed by atoms with van der Waals surface area (Å²) in [7, 11) is 1.61. The van der Waals surface area contributed by atoms with E-state index in [0.29, 0.717) is 27.0 Å². The van der Waals surface area contributed by atoms with E-state index in [9.17, 15) is 14.4 Å². The van der Waals surface area contributed by atoms with Crippen molar-refractivity contribution in [2.24, 2.45) is 0 Å². The molecule has 3 aromatic carbocycles.